The van der Waals surface area contributed by atoms with Crippen molar-refractivity contribution in [3.63, 3.8) is 0 Å². The summed E-state index contributed by atoms with van der Waals surface area (Å²) in [6.07, 6.45) is 0. The first-order valence-corrected chi connectivity index (χ1v) is 7.68. The van der Waals surface area contributed by atoms with Gasteiger partial charge in [-0.25, -0.2) is 13.8 Å². The van der Waals surface area contributed by atoms with Crippen LogP contribution in [-0.4, -0.2) is 31.2 Å². The molecule has 7 nitrogen and oxygen atoms in total. The third-order valence-electron chi connectivity index (χ3n) is 2.96. The van der Waals surface area contributed by atoms with Gasteiger partial charge in [0, 0.05) is 17.4 Å². The highest BCUT2D eigenvalue weighted by molar-refractivity contribution is 7.99. The van der Waals surface area contributed by atoms with E-state index in [-0.39, 0.29) is 17.6 Å². The Bertz CT molecular complexity index is 881. The molecule has 0 saturated carbocycles. The number of nitrogens with two attached hydrogens (primary N) is 1. The van der Waals surface area contributed by atoms with Gasteiger partial charge in [0.15, 0.2) is 10.8 Å². The molecule has 0 aliphatic heterocycles. The number of carbonyl (C=O) groups excluding carboxylic acids is 1. The monoisotopic (exact) mass is 332 g/mol. The van der Waals surface area contributed by atoms with Gasteiger partial charge in [0.25, 0.3) is 0 Å². The smallest absolute Gasteiger partial charge is 0.234 e. The number of aryl methyl sites for hydroxylation is 1. The predicted octanol–water partition coefficient (Wildman–Crippen LogP) is 1.88. The SMILES string of the molecule is Cc1cc2nnc(SCC(=O)Nc3cccc(F)c3)n2c(N)n1. The minimum Gasteiger partial charge on any atom is -0.369 e. The van der Waals surface area contributed by atoms with Crippen molar-refractivity contribution in [1.29, 1.82) is 0 Å². The second kappa shape index (κ2) is 6.21. The zero-order valence-corrected chi connectivity index (χ0v) is 13.0. The fraction of sp³-hybridized carbons (Fsp3) is 0.143. The van der Waals surface area contributed by atoms with Crippen LogP contribution in [0.1, 0.15) is 5.69 Å². The first kappa shape index (κ1) is 15.2. The molecule has 0 spiro atoms. The van der Waals surface area contributed by atoms with E-state index in [1.807, 2.05) is 6.92 Å². The summed E-state index contributed by atoms with van der Waals surface area (Å²) in [7, 11) is 0. The van der Waals surface area contributed by atoms with Crippen molar-refractivity contribution in [3.8, 4) is 0 Å². The molecule has 23 heavy (non-hydrogen) atoms. The molecule has 0 unspecified atom stereocenters. The second-order valence-corrected chi connectivity index (χ2v) is 5.72. The normalized spacial score (nSPS) is 10.9. The molecule has 0 aliphatic rings. The third kappa shape index (κ3) is 3.39. The number of thioether (sulfide) groups is 1. The van der Waals surface area contributed by atoms with Crippen LogP contribution < -0.4 is 11.1 Å². The van der Waals surface area contributed by atoms with E-state index in [1.54, 1.807) is 16.5 Å². The van der Waals surface area contributed by atoms with Gasteiger partial charge in [-0.3, -0.25) is 4.79 Å². The molecule has 1 aromatic carbocycles. The lowest BCUT2D eigenvalue weighted by atomic mass is 10.3. The number of nitrogens with one attached hydrogen (secondary N) is 1. The molecule has 0 fully saturated rings. The van der Waals surface area contributed by atoms with Crippen LogP contribution in [0.25, 0.3) is 5.65 Å². The highest BCUT2D eigenvalue weighted by atomic mass is 32.2. The minimum atomic E-state index is -0.409. The molecule has 0 radical (unpaired) electrons. The third-order valence-corrected chi connectivity index (χ3v) is 3.89. The van der Waals surface area contributed by atoms with Gasteiger partial charge in [-0.15, -0.1) is 10.2 Å². The van der Waals surface area contributed by atoms with Crippen molar-refractivity contribution in [2.24, 2.45) is 0 Å². The highest BCUT2D eigenvalue weighted by Gasteiger charge is 2.12. The molecule has 3 aromatic rings. The molecule has 0 saturated heterocycles. The summed E-state index contributed by atoms with van der Waals surface area (Å²) in [6.45, 7) is 1.81. The molecule has 118 valence electrons. The van der Waals surface area contributed by atoms with Crippen molar-refractivity contribution >= 4 is 35.0 Å². The number of nitrogen functional groups attached to an aromatic ring is 1. The van der Waals surface area contributed by atoms with Crippen LogP contribution in [-0.2, 0) is 4.79 Å². The number of rotatable bonds is 4. The van der Waals surface area contributed by atoms with Crippen molar-refractivity contribution in [3.05, 3.63) is 41.8 Å². The van der Waals surface area contributed by atoms with Crippen LogP contribution in [0.3, 0.4) is 0 Å². The fourth-order valence-electron chi connectivity index (χ4n) is 2.03. The molecule has 0 aliphatic carbocycles. The minimum absolute atomic E-state index is 0.0879. The average molecular weight is 332 g/mol. The molecule has 1 amide bonds. The molecule has 0 bridgehead atoms. The Balaban J connectivity index is 1.70. The maximum atomic E-state index is 13.1. The number of nitrogens with zero attached hydrogens (tertiary/aromatic N) is 4. The van der Waals surface area contributed by atoms with Gasteiger partial charge in [-0.2, -0.15) is 0 Å². The number of anilines is 2. The quantitative estimate of drug-likeness (QED) is 0.708. The number of amides is 1. The van der Waals surface area contributed by atoms with Crippen LogP contribution in [0.15, 0.2) is 35.5 Å². The Labute approximate surface area is 135 Å². The van der Waals surface area contributed by atoms with Gasteiger partial charge in [-0.05, 0) is 25.1 Å². The topological polar surface area (TPSA) is 98.2 Å². The van der Waals surface area contributed by atoms with E-state index < -0.39 is 5.82 Å². The second-order valence-electron chi connectivity index (χ2n) is 4.78. The maximum absolute atomic E-state index is 13.1. The standard InChI is InChI=1S/C14H13FN6OS/c1-8-5-11-19-20-14(21(11)13(16)17-8)23-7-12(22)18-10-4-2-3-9(15)6-10/h2-6H,7H2,1H3,(H2,16,17)(H,18,22). The zero-order chi connectivity index (χ0) is 16.4. The first-order chi connectivity index (χ1) is 11.0. The van der Waals surface area contributed by atoms with Crippen molar-refractivity contribution < 1.29 is 9.18 Å². The zero-order valence-electron chi connectivity index (χ0n) is 12.2. The lowest BCUT2D eigenvalue weighted by Gasteiger charge is -2.05. The summed E-state index contributed by atoms with van der Waals surface area (Å²) in [6, 6.07) is 7.45. The number of halogens is 1. The van der Waals surface area contributed by atoms with Gasteiger partial charge >= 0.3 is 0 Å². The Kier molecular flexibility index (Phi) is 4.11. The summed E-state index contributed by atoms with van der Waals surface area (Å²) in [4.78, 5) is 16.1. The van der Waals surface area contributed by atoms with Crippen LogP contribution in [0.4, 0.5) is 16.0 Å². The molecule has 3 rings (SSSR count). The number of aromatic nitrogens is 4. The summed E-state index contributed by atoms with van der Waals surface area (Å²) < 4.78 is 14.7. The van der Waals surface area contributed by atoms with E-state index in [0.717, 1.165) is 5.69 Å². The van der Waals surface area contributed by atoms with Crippen LogP contribution >= 0.6 is 11.8 Å². The van der Waals surface area contributed by atoms with E-state index in [4.69, 9.17) is 5.73 Å². The summed E-state index contributed by atoms with van der Waals surface area (Å²) in [5, 5.41) is 11.1. The largest absolute Gasteiger partial charge is 0.369 e. The summed E-state index contributed by atoms with van der Waals surface area (Å²) >= 11 is 1.17. The molecule has 0 atom stereocenters. The van der Waals surface area contributed by atoms with Crippen molar-refractivity contribution in [2.75, 3.05) is 16.8 Å². The molecule has 2 heterocycles. The van der Waals surface area contributed by atoms with Crippen LogP contribution in [0.5, 0.6) is 0 Å². The Hall–Kier alpha value is -2.68. The van der Waals surface area contributed by atoms with Gasteiger partial charge in [0.2, 0.25) is 11.9 Å². The number of benzene rings is 1. The molecule has 2 aromatic heterocycles. The average Bonchev–Trinajstić information content (AvgIpc) is 2.88. The van der Waals surface area contributed by atoms with E-state index in [9.17, 15) is 9.18 Å². The van der Waals surface area contributed by atoms with E-state index in [2.05, 4.69) is 20.5 Å². The predicted molar refractivity (Wildman–Crippen MR) is 85.7 cm³/mol. The summed E-state index contributed by atoms with van der Waals surface area (Å²) in [5.41, 5.74) is 7.58. The molecular weight excluding hydrogens is 319 g/mol. The van der Waals surface area contributed by atoms with Gasteiger partial charge in [0.05, 0.1) is 5.75 Å². The van der Waals surface area contributed by atoms with E-state index in [0.29, 0.717) is 16.5 Å². The van der Waals surface area contributed by atoms with Gasteiger partial charge < -0.3 is 11.1 Å². The first-order valence-electron chi connectivity index (χ1n) is 6.69. The Morgan fingerprint density at radius 3 is 3.00 bits per heavy atom. The number of hydrogen-bond acceptors (Lipinski definition) is 6. The van der Waals surface area contributed by atoms with E-state index in [1.165, 1.54) is 30.0 Å². The molecule has 9 heteroatoms. The highest BCUT2D eigenvalue weighted by Crippen LogP contribution is 2.20. The Morgan fingerprint density at radius 1 is 1.39 bits per heavy atom. The maximum Gasteiger partial charge on any atom is 0.234 e. The molecule has 3 N–H and O–H groups in total. The van der Waals surface area contributed by atoms with E-state index >= 15 is 0 Å². The van der Waals surface area contributed by atoms with Crippen LogP contribution in [0.2, 0.25) is 0 Å². The summed E-state index contributed by atoms with van der Waals surface area (Å²) in [5.74, 6) is -0.341. The Morgan fingerprint density at radius 2 is 2.22 bits per heavy atom. The lowest BCUT2D eigenvalue weighted by Crippen LogP contribution is -2.14. The molecular formula is C14H13FN6OS. The van der Waals surface area contributed by atoms with Gasteiger partial charge in [0.1, 0.15) is 5.82 Å². The number of carbonyl (C=O) groups is 1. The van der Waals surface area contributed by atoms with Gasteiger partial charge in [-0.1, -0.05) is 17.8 Å². The number of fused-ring (bicyclic) bond motifs is 1. The van der Waals surface area contributed by atoms with Crippen molar-refractivity contribution in [1.82, 2.24) is 19.6 Å². The fourth-order valence-corrected chi connectivity index (χ4v) is 2.77. The van der Waals surface area contributed by atoms with Crippen LogP contribution in [0, 0.1) is 12.7 Å². The van der Waals surface area contributed by atoms with Crippen molar-refractivity contribution in [2.45, 2.75) is 12.1 Å². The lowest BCUT2D eigenvalue weighted by molar-refractivity contribution is -0.113. The number of hydrogen-bond donors (Lipinski definition) is 2.